The molecule has 144 valence electrons. The molecule has 0 bridgehead atoms. The highest BCUT2D eigenvalue weighted by molar-refractivity contribution is 5.80. The summed E-state index contributed by atoms with van der Waals surface area (Å²) < 4.78 is 4.01. The van der Waals surface area contributed by atoms with Crippen molar-refractivity contribution in [2.75, 3.05) is 6.54 Å². The van der Waals surface area contributed by atoms with Crippen molar-refractivity contribution in [2.24, 2.45) is 4.99 Å². The summed E-state index contributed by atoms with van der Waals surface area (Å²) in [6.45, 7) is 8.32. The lowest BCUT2D eigenvalue weighted by Gasteiger charge is -2.17. The van der Waals surface area contributed by atoms with Crippen LogP contribution in [0.3, 0.4) is 0 Å². The maximum atomic E-state index is 4.70. The molecular weight excluding hydrogens is 342 g/mol. The molecular formula is C18H27N9. The Balaban J connectivity index is 1.65. The Labute approximate surface area is 158 Å². The average Bonchev–Trinajstić information content (AvgIpc) is 3.32. The zero-order chi connectivity index (χ0) is 19.1. The first-order chi connectivity index (χ1) is 13.2. The van der Waals surface area contributed by atoms with Gasteiger partial charge in [0, 0.05) is 31.7 Å². The van der Waals surface area contributed by atoms with Gasteiger partial charge in [0.25, 0.3) is 0 Å². The first-order valence-electron chi connectivity index (χ1n) is 9.41. The number of hydrogen-bond donors (Lipinski definition) is 2. The zero-order valence-electron chi connectivity index (χ0n) is 16.1. The van der Waals surface area contributed by atoms with Crippen LogP contribution >= 0.6 is 0 Å². The Kier molecular flexibility index (Phi) is 6.35. The highest BCUT2D eigenvalue weighted by atomic mass is 15.3. The summed E-state index contributed by atoms with van der Waals surface area (Å²) in [5.74, 6) is 2.56. The van der Waals surface area contributed by atoms with E-state index in [9.17, 15) is 0 Å². The van der Waals surface area contributed by atoms with Gasteiger partial charge in [-0.15, -0.1) is 20.4 Å². The van der Waals surface area contributed by atoms with Crippen LogP contribution in [0.15, 0.2) is 35.7 Å². The molecule has 0 aliphatic carbocycles. The normalized spacial score (nSPS) is 13.1. The molecule has 0 saturated heterocycles. The fraction of sp³-hybridized carbons (Fsp3) is 0.500. The number of nitrogens with one attached hydrogen (secondary N) is 2. The summed E-state index contributed by atoms with van der Waals surface area (Å²) in [6.07, 6.45) is 5.60. The molecule has 1 unspecified atom stereocenters. The highest BCUT2D eigenvalue weighted by Crippen LogP contribution is 2.04. The summed E-state index contributed by atoms with van der Waals surface area (Å²) in [6, 6.07) is 6.17. The van der Waals surface area contributed by atoms with Crippen molar-refractivity contribution in [3.63, 3.8) is 0 Å². The summed E-state index contributed by atoms with van der Waals surface area (Å²) >= 11 is 0. The van der Waals surface area contributed by atoms with Crippen LogP contribution in [0.2, 0.25) is 0 Å². The maximum absolute atomic E-state index is 4.70. The van der Waals surface area contributed by atoms with Gasteiger partial charge in [-0.3, -0.25) is 4.40 Å². The first kappa shape index (κ1) is 18.8. The van der Waals surface area contributed by atoms with E-state index in [-0.39, 0.29) is 0 Å². The molecule has 0 amide bonds. The molecule has 1 atom stereocenters. The molecule has 3 heterocycles. The van der Waals surface area contributed by atoms with Gasteiger partial charge in [-0.05, 0) is 25.5 Å². The average molecular weight is 369 g/mol. The van der Waals surface area contributed by atoms with Crippen molar-refractivity contribution in [3.05, 3.63) is 42.4 Å². The lowest BCUT2D eigenvalue weighted by atomic mass is 10.3. The second kappa shape index (κ2) is 9.11. The number of aliphatic imine (C=N–C) groups is 1. The van der Waals surface area contributed by atoms with Crippen LogP contribution in [0, 0.1) is 0 Å². The molecule has 0 saturated carbocycles. The van der Waals surface area contributed by atoms with Crippen molar-refractivity contribution < 1.29 is 0 Å². The Morgan fingerprint density at radius 3 is 2.89 bits per heavy atom. The lowest BCUT2D eigenvalue weighted by Crippen LogP contribution is -2.43. The van der Waals surface area contributed by atoms with E-state index in [1.165, 1.54) is 0 Å². The van der Waals surface area contributed by atoms with Gasteiger partial charge in [0.1, 0.15) is 18.7 Å². The van der Waals surface area contributed by atoms with E-state index < -0.39 is 0 Å². The molecule has 3 rings (SSSR count). The van der Waals surface area contributed by atoms with E-state index >= 15 is 0 Å². The van der Waals surface area contributed by atoms with Gasteiger partial charge in [0.15, 0.2) is 17.4 Å². The first-order valence-corrected chi connectivity index (χ1v) is 9.41. The second-order valence-electron chi connectivity index (χ2n) is 6.38. The van der Waals surface area contributed by atoms with Crippen molar-refractivity contribution in [3.8, 4) is 0 Å². The van der Waals surface area contributed by atoms with Gasteiger partial charge in [-0.1, -0.05) is 19.9 Å². The van der Waals surface area contributed by atoms with E-state index in [2.05, 4.69) is 56.4 Å². The number of pyridine rings is 1. The molecule has 0 aliphatic rings. The molecule has 27 heavy (non-hydrogen) atoms. The largest absolute Gasteiger partial charge is 0.355 e. The van der Waals surface area contributed by atoms with Crippen LogP contribution in [0.1, 0.15) is 38.8 Å². The van der Waals surface area contributed by atoms with Gasteiger partial charge in [-0.2, -0.15) is 0 Å². The molecule has 2 N–H and O–H groups in total. The van der Waals surface area contributed by atoms with Crippen molar-refractivity contribution in [1.82, 2.24) is 40.0 Å². The minimum atomic E-state index is 0.326. The van der Waals surface area contributed by atoms with Gasteiger partial charge in [0.05, 0.1) is 0 Å². The molecule has 0 aliphatic heterocycles. The van der Waals surface area contributed by atoms with Gasteiger partial charge in [0.2, 0.25) is 0 Å². The van der Waals surface area contributed by atoms with E-state index in [0.717, 1.165) is 49.2 Å². The quantitative estimate of drug-likeness (QED) is 0.460. The van der Waals surface area contributed by atoms with Crippen molar-refractivity contribution >= 4 is 11.6 Å². The molecule has 3 aromatic rings. The Hall–Kier alpha value is -2.97. The maximum Gasteiger partial charge on any atom is 0.191 e. The van der Waals surface area contributed by atoms with Crippen LogP contribution in [0.4, 0.5) is 0 Å². The Morgan fingerprint density at radius 1 is 1.19 bits per heavy atom. The van der Waals surface area contributed by atoms with Crippen LogP contribution in [0.5, 0.6) is 0 Å². The summed E-state index contributed by atoms with van der Waals surface area (Å²) in [5, 5.41) is 23.3. The third kappa shape index (κ3) is 4.81. The summed E-state index contributed by atoms with van der Waals surface area (Å²) in [7, 11) is 0. The topological polar surface area (TPSA) is 97.3 Å². The number of rotatable bonds is 8. The smallest absolute Gasteiger partial charge is 0.191 e. The fourth-order valence-corrected chi connectivity index (χ4v) is 2.67. The van der Waals surface area contributed by atoms with Crippen molar-refractivity contribution in [2.45, 2.75) is 52.7 Å². The predicted molar refractivity (Wildman–Crippen MR) is 104 cm³/mol. The highest BCUT2D eigenvalue weighted by Gasteiger charge is 2.07. The standard InChI is InChI=1S/C18H27N9/c1-4-14(3)22-18(19-9-11-26-13-21-23-15(26)5-2)20-12-17-25-24-16-8-6-7-10-27(16)17/h6-8,10,13-14H,4-5,9,11-12H2,1-3H3,(H2,19,20,22). The Morgan fingerprint density at radius 2 is 2.07 bits per heavy atom. The van der Waals surface area contributed by atoms with Crippen LogP contribution < -0.4 is 10.6 Å². The van der Waals surface area contributed by atoms with E-state index in [1.54, 1.807) is 6.33 Å². The van der Waals surface area contributed by atoms with Crippen LogP contribution in [-0.2, 0) is 19.5 Å². The molecule has 0 radical (unpaired) electrons. The van der Waals surface area contributed by atoms with E-state index in [4.69, 9.17) is 4.99 Å². The van der Waals surface area contributed by atoms with Gasteiger partial charge in [-0.25, -0.2) is 4.99 Å². The number of guanidine groups is 1. The third-order valence-corrected chi connectivity index (χ3v) is 4.42. The van der Waals surface area contributed by atoms with E-state index in [1.807, 2.05) is 28.8 Å². The minimum Gasteiger partial charge on any atom is -0.355 e. The van der Waals surface area contributed by atoms with Crippen molar-refractivity contribution in [1.29, 1.82) is 0 Å². The number of nitrogens with zero attached hydrogens (tertiary/aromatic N) is 7. The number of hydrogen-bond acceptors (Lipinski definition) is 5. The molecule has 3 aromatic heterocycles. The number of aryl methyl sites for hydroxylation is 1. The monoisotopic (exact) mass is 369 g/mol. The zero-order valence-corrected chi connectivity index (χ0v) is 16.1. The fourth-order valence-electron chi connectivity index (χ4n) is 2.67. The molecule has 0 fully saturated rings. The molecule has 9 heteroatoms. The summed E-state index contributed by atoms with van der Waals surface area (Å²) in [4.78, 5) is 4.70. The number of aromatic nitrogens is 6. The lowest BCUT2D eigenvalue weighted by molar-refractivity contribution is 0.598. The number of fused-ring (bicyclic) bond motifs is 1. The SMILES string of the molecule is CCc1nncn1CCNC(=NCc1nnc2ccccn12)NC(C)CC. The van der Waals surface area contributed by atoms with Gasteiger partial charge >= 0.3 is 0 Å². The Bertz CT molecular complexity index is 880. The van der Waals surface area contributed by atoms with Gasteiger partial charge < -0.3 is 15.2 Å². The predicted octanol–water partition coefficient (Wildman–Crippen LogP) is 1.42. The van der Waals surface area contributed by atoms with E-state index in [0.29, 0.717) is 12.6 Å². The molecule has 0 aromatic carbocycles. The summed E-state index contributed by atoms with van der Waals surface area (Å²) in [5.41, 5.74) is 0.826. The third-order valence-electron chi connectivity index (χ3n) is 4.42. The minimum absolute atomic E-state index is 0.326. The van der Waals surface area contributed by atoms with Crippen LogP contribution in [-0.4, -0.2) is 47.9 Å². The molecule has 0 spiro atoms. The molecule has 9 nitrogen and oxygen atoms in total. The second-order valence-corrected chi connectivity index (χ2v) is 6.38. The van der Waals surface area contributed by atoms with Crippen LogP contribution in [0.25, 0.3) is 5.65 Å².